The molecule has 4 aromatic rings. The van der Waals surface area contributed by atoms with E-state index in [1.807, 2.05) is 6.07 Å². The summed E-state index contributed by atoms with van der Waals surface area (Å²) in [5, 5.41) is 2.33. The van der Waals surface area contributed by atoms with Crippen LogP contribution in [-0.4, -0.2) is 21.0 Å². The van der Waals surface area contributed by atoms with Crippen LogP contribution in [0.5, 0.6) is 23.0 Å². The minimum absolute atomic E-state index is 0.293. The molecule has 0 bridgehead atoms. The minimum Gasteiger partial charge on any atom is -0.493 e. The molecule has 0 amide bonds. The van der Waals surface area contributed by atoms with Gasteiger partial charge in [-0.2, -0.15) is 4.57 Å². The second kappa shape index (κ2) is 9.73. The maximum Gasteiger partial charge on any atom is 0.231 e. The van der Waals surface area contributed by atoms with Crippen molar-refractivity contribution in [3.63, 3.8) is 0 Å². The summed E-state index contributed by atoms with van der Waals surface area (Å²) in [6, 6.07) is 19.3. The van der Waals surface area contributed by atoms with E-state index in [2.05, 4.69) is 59.3 Å². The van der Waals surface area contributed by atoms with Crippen molar-refractivity contribution >= 4 is 10.8 Å². The van der Waals surface area contributed by atoms with E-state index in [9.17, 15) is 0 Å². The van der Waals surface area contributed by atoms with Crippen LogP contribution in [0.1, 0.15) is 36.0 Å². The molecule has 2 aliphatic heterocycles. The normalized spacial score (nSPS) is 13.4. The summed E-state index contributed by atoms with van der Waals surface area (Å²) < 4.78 is 25.3. The van der Waals surface area contributed by atoms with Crippen molar-refractivity contribution in [2.75, 3.05) is 21.0 Å². The van der Waals surface area contributed by atoms with E-state index < -0.39 is 0 Å². The summed E-state index contributed by atoms with van der Waals surface area (Å²) in [7, 11) is 3.42. The van der Waals surface area contributed by atoms with Crippen molar-refractivity contribution in [3.05, 3.63) is 77.5 Å². The first-order chi connectivity index (χ1) is 17.8. The van der Waals surface area contributed by atoms with E-state index in [1.165, 1.54) is 46.2 Å². The number of hydrogen-bond donors (Lipinski definition) is 0. The van der Waals surface area contributed by atoms with Crippen molar-refractivity contribution in [2.45, 2.75) is 45.1 Å². The Morgan fingerprint density at radius 1 is 0.833 bits per heavy atom. The van der Waals surface area contributed by atoms with Gasteiger partial charge in [-0.3, -0.25) is 0 Å². The second-order valence-corrected chi connectivity index (χ2v) is 9.57. The highest BCUT2D eigenvalue weighted by molar-refractivity contribution is 5.95. The number of nitrogens with zero attached hydrogens (tertiary/aromatic N) is 1. The minimum atomic E-state index is 0.293. The molecule has 5 heteroatoms. The van der Waals surface area contributed by atoms with Crippen molar-refractivity contribution in [3.8, 4) is 34.3 Å². The van der Waals surface area contributed by atoms with Gasteiger partial charge in [-0.15, -0.1) is 0 Å². The van der Waals surface area contributed by atoms with Gasteiger partial charge in [0.15, 0.2) is 35.7 Å². The Bertz CT molecular complexity index is 1410. The van der Waals surface area contributed by atoms with Crippen molar-refractivity contribution in [1.82, 2.24) is 0 Å². The Hall–Kier alpha value is -3.73. The number of aromatic nitrogens is 1. The maximum atomic E-state index is 5.84. The Kier molecular flexibility index (Phi) is 6.14. The first-order valence-corrected chi connectivity index (χ1v) is 12.8. The Balaban J connectivity index is 1.39. The van der Waals surface area contributed by atoms with Gasteiger partial charge in [0.2, 0.25) is 12.5 Å². The molecular formula is C31H32NO4+. The van der Waals surface area contributed by atoms with Crippen LogP contribution in [0.15, 0.2) is 60.8 Å². The average molecular weight is 483 g/mol. The molecule has 0 spiro atoms. The molecule has 6 rings (SSSR count). The highest BCUT2D eigenvalue weighted by atomic mass is 16.7. The van der Waals surface area contributed by atoms with Crippen molar-refractivity contribution in [2.24, 2.45) is 0 Å². The number of benzene rings is 3. The third kappa shape index (κ3) is 4.02. The molecule has 184 valence electrons. The molecule has 1 aromatic heterocycles. The summed E-state index contributed by atoms with van der Waals surface area (Å²) in [4.78, 5) is 0. The van der Waals surface area contributed by atoms with E-state index in [0.717, 1.165) is 60.6 Å². The Morgan fingerprint density at radius 3 is 2.44 bits per heavy atom. The number of pyridine rings is 1. The van der Waals surface area contributed by atoms with Gasteiger partial charge < -0.3 is 18.9 Å². The van der Waals surface area contributed by atoms with E-state index in [4.69, 9.17) is 18.9 Å². The quantitative estimate of drug-likeness (QED) is 0.226. The number of rotatable bonds is 8. The molecule has 3 aromatic carbocycles. The van der Waals surface area contributed by atoms with Crippen molar-refractivity contribution < 1.29 is 23.5 Å². The van der Waals surface area contributed by atoms with Crippen LogP contribution >= 0.6 is 0 Å². The zero-order chi connectivity index (χ0) is 24.5. The summed E-state index contributed by atoms with van der Waals surface area (Å²) in [6.07, 6.45) is 8.83. The monoisotopic (exact) mass is 482 g/mol. The summed E-state index contributed by atoms with van der Waals surface area (Å²) >= 11 is 0. The van der Waals surface area contributed by atoms with Gasteiger partial charge in [0.25, 0.3) is 0 Å². The Morgan fingerprint density at radius 2 is 1.64 bits per heavy atom. The number of methoxy groups -OCH3 is 2. The van der Waals surface area contributed by atoms with Gasteiger partial charge in [0, 0.05) is 17.4 Å². The van der Waals surface area contributed by atoms with E-state index in [-0.39, 0.29) is 0 Å². The molecule has 2 aliphatic rings. The van der Waals surface area contributed by atoms with Crippen LogP contribution in [0, 0.1) is 0 Å². The van der Waals surface area contributed by atoms with Crippen LogP contribution in [0.25, 0.3) is 22.0 Å². The summed E-state index contributed by atoms with van der Waals surface area (Å²) in [5.41, 5.74) is 6.65. The molecule has 0 saturated carbocycles. The topological polar surface area (TPSA) is 40.8 Å². The van der Waals surface area contributed by atoms with Crippen LogP contribution in [0.3, 0.4) is 0 Å². The molecule has 0 radical (unpaired) electrons. The number of hydrogen-bond acceptors (Lipinski definition) is 4. The van der Waals surface area contributed by atoms with Crippen LogP contribution in [0.2, 0.25) is 0 Å². The second-order valence-electron chi connectivity index (χ2n) is 9.57. The van der Waals surface area contributed by atoms with E-state index in [0.29, 0.717) is 6.79 Å². The van der Waals surface area contributed by atoms with Crippen molar-refractivity contribution in [1.29, 1.82) is 0 Å². The molecule has 0 N–H and O–H groups in total. The molecule has 0 aliphatic carbocycles. The number of fused-ring (bicyclic) bond motifs is 5. The van der Waals surface area contributed by atoms with E-state index >= 15 is 0 Å². The van der Waals surface area contributed by atoms with Gasteiger partial charge in [-0.05, 0) is 61.1 Å². The molecule has 5 nitrogen and oxygen atoms in total. The fourth-order valence-electron chi connectivity index (χ4n) is 5.71. The highest BCUT2D eigenvalue weighted by Crippen LogP contribution is 2.43. The lowest BCUT2D eigenvalue weighted by atomic mass is 9.89. The average Bonchev–Trinajstić information content (AvgIpc) is 3.38. The first kappa shape index (κ1) is 22.7. The van der Waals surface area contributed by atoms with Gasteiger partial charge >= 0.3 is 0 Å². The Labute approximate surface area is 212 Å². The zero-order valence-electron chi connectivity index (χ0n) is 21.0. The first-order valence-electron chi connectivity index (χ1n) is 12.8. The fraction of sp³-hybridized carbons (Fsp3) is 0.323. The predicted octanol–water partition coefficient (Wildman–Crippen LogP) is 6.05. The largest absolute Gasteiger partial charge is 0.493 e. The number of aryl methyl sites for hydroxylation is 4. The molecule has 0 unspecified atom stereocenters. The molecule has 0 saturated heterocycles. The summed E-state index contributed by atoms with van der Waals surface area (Å²) in [6.45, 7) is 1.21. The van der Waals surface area contributed by atoms with Gasteiger partial charge in [-0.1, -0.05) is 36.8 Å². The third-order valence-corrected chi connectivity index (χ3v) is 7.48. The molecule has 0 fully saturated rings. The van der Waals surface area contributed by atoms with Gasteiger partial charge in [0.1, 0.15) is 0 Å². The fourth-order valence-corrected chi connectivity index (χ4v) is 5.71. The lowest BCUT2D eigenvalue weighted by Gasteiger charge is -2.21. The standard InChI is InChI=1S/C31H32NO4/c1-33-27-14-13-23-24(12-8-4-7-11-21-9-5-3-6-10-21)30-25-18-29-28(35-20-36-29)17-22(25)15-16-32(30)19-26(23)31(27)34-2/h3,5-6,9-10,13-14,17-19H,4,7-8,11-12,15-16,20H2,1-2H3/q+1. The van der Waals surface area contributed by atoms with Crippen LogP contribution < -0.4 is 23.5 Å². The maximum absolute atomic E-state index is 5.84. The van der Waals surface area contributed by atoms with Gasteiger partial charge in [-0.25, -0.2) is 0 Å². The zero-order valence-corrected chi connectivity index (χ0v) is 21.0. The third-order valence-electron chi connectivity index (χ3n) is 7.48. The molecular weight excluding hydrogens is 450 g/mol. The predicted molar refractivity (Wildman–Crippen MR) is 140 cm³/mol. The highest BCUT2D eigenvalue weighted by Gasteiger charge is 2.32. The van der Waals surface area contributed by atoms with Crippen LogP contribution in [-0.2, 0) is 25.8 Å². The molecule has 3 heterocycles. The smallest absolute Gasteiger partial charge is 0.231 e. The molecule has 36 heavy (non-hydrogen) atoms. The summed E-state index contributed by atoms with van der Waals surface area (Å²) in [5.74, 6) is 3.26. The lowest BCUT2D eigenvalue weighted by molar-refractivity contribution is -0.686. The number of unbranched alkanes of at least 4 members (excludes halogenated alkanes) is 2. The number of ether oxygens (including phenoxy) is 4. The molecule has 0 atom stereocenters. The lowest BCUT2D eigenvalue weighted by Crippen LogP contribution is -2.41. The van der Waals surface area contributed by atoms with Crippen LogP contribution in [0.4, 0.5) is 0 Å². The van der Waals surface area contributed by atoms with E-state index in [1.54, 1.807) is 14.2 Å². The van der Waals surface area contributed by atoms with Gasteiger partial charge in [0.05, 0.1) is 25.2 Å². The SMILES string of the molecule is COc1ccc2c(CCCCCc3ccccc3)c3[n+](cc2c1OC)CCc1cc2c(cc1-3)OCO2.